The highest BCUT2D eigenvalue weighted by Crippen LogP contribution is 2.13. The van der Waals surface area contributed by atoms with Crippen LogP contribution in [-0.2, 0) is 9.53 Å². The van der Waals surface area contributed by atoms with E-state index in [0.717, 1.165) is 0 Å². The quantitative estimate of drug-likeness (QED) is 0.396. The summed E-state index contributed by atoms with van der Waals surface area (Å²) < 4.78 is 27.9. The van der Waals surface area contributed by atoms with Crippen LogP contribution in [0.2, 0.25) is 0 Å². The number of rotatable bonds is 6. The predicted octanol–water partition coefficient (Wildman–Crippen LogP) is 3.69. The summed E-state index contributed by atoms with van der Waals surface area (Å²) in [6, 6.07) is 0. The molecule has 0 unspecified atom stereocenters. The first-order chi connectivity index (χ1) is 7.36. The van der Waals surface area contributed by atoms with Crippen LogP contribution < -0.4 is 0 Å². The molecule has 0 aliphatic rings. The second-order valence-corrected chi connectivity index (χ2v) is 3.90. The van der Waals surface area contributed by atoms with E-state index < -0.39 is 6.61 Å². The molecular formula is C12H18F2O2. The molecule has 16 heavy (non-hydrogen) atoms. The fourth-order valence-corrected chi connectivity index (χ4v) is 1.21. The number of halogens is 2. The highest BCUT2D eigenvalue weighted by atomic mass is 19.3. The number of carbonyl (C=O) groups is 1. The summed E-state index contributed by atoms with van der Waals surface area (Å²) in [5.41, 5.74) is 0.409. The monoisotopic (exact) mass is 232 g/mol. The van der Waals surface area contributed by atoms with Crippen molar-refractivity contribution in [2.75, 3.05) is 0 Å². The minimum atomic E-state index is -2.85. The van der Waals surface area contributed by atoms with Crippen molar-refractivity contribution in [3.05, 3.63) is 23.5 Å². The second-order valence-electron chi connectivity index (χ2n) is 3.90. The Hall–Kier alpha value is -1.19. The van der Waals surface area contributed by atoms with E-state index >= 15 is 0 Å². The minimum absolute atomic E-state index is 0.0419. The number of hydrogen-bond donors (Lipinski definition) is 0. The molecule has 0 saturated carbocycles. The Bertz CT molecular complexity index is 291. The summed E-state index contributed by atoms with van der Waals surface area (Å²) >= 11 is 0. The van der Waals surface area contributed by atoms with Crippen LogP contribution in [0, 0.1) is 5.92 Å². The summed E-state index contributed by atoms with van der Waals surface area (Å²) in [5, 5.41) is 0. The van der Waals surface area contributed by atoms with Crippen LogP contribution in [0.1, 0.15) is 34.1 Å². The maximum Gasteiger partial charge on any atom is 0.387 e. The fourth-order valence-electron chi connectivity index (χ4n) is 1.21. The van der Waals surface area contributed by atoms with E-state index in [9.17, 15) is 13.6 Å². The lowest BCUT2D eigenvalue weighted by molar-refractivity contribution is -0.116. The average Bonchev–Trinajstić information content (AvgIpc) is 2.11. The zero-order valence-corrected chi connectivity index (χ0v) is 10.1. The molecule has 4 heteroatoms. The third-order valence-corrected chi connectivity index (χ3v) is 1.86. The average molecular weight is 232 g/mol. The molecule has 0 amide bonds. The maximum atomic E-state index is 11.9. The number of carbonyl (C=O) groups excluding carboxylic acids is 1. The fraction of sp³-hybridized carbons (Fsp3) is 0.583. The van der Waals surface area contributed by atoms with Gasteiger partial charge in [-0.05, 0) is 25.8 Å². The van der Waals surface area contributed by atoms with Crippen LogP contribution in [0.15, 0.2) is 23.5 Å². The summed E-state index contributed by atoms with van der Waals surface area (Å²) in [5.74, 6) is 0.224. The smallest absolute Gasteiger partial charge is 0.387 e. The number of ketones is 1. The van der Waals surface area contributed by atoms with Gasteiger partial charge in [0.15, 0.2) is 5.78 Å². The highest BCUT2D eigenvalue weighted by molar-refractivity contribution is 5.98. The maximum absolute atomic E-state index is 11.9. The molecule has 2 nitrogen and oxygen atoms in total. The van der Waals surface area contributed by atoms with Crippen molar-refractivity contribution < 1.29 is 18.3 Å². The first kappa shape index (κ1) is 14.8. The summed E-state index contributed by atoms with van der Waals surface area (Å²) in [7, 11) is 0. The van der Waals surface area contributed by atoms with Crippen molar-refractivity contribution in [2.45, 2.75) is 40.7 Å². The Kier molecular flexibility index (Phi) is 6.61. The van der Waals surface area contributed by atoms with Crippen molar-refractivity contribution in [3.63, 3.8) is 0 Å². The van der Waals surface area contributed by atoms with Gasteiger partial charge in [-0.3, -0.25) is 4.79 Å². The van der Waals surface area contributed by atoms with Gasteiger partial charge < -0.3 is 4.74 Å². The molecule has 0 heterocycles. The molecule has 0 aromatic rings. The molecule has 0 atom stereocenters. The van der Waals surface area contributed by atoms with Crippen LogP contribution in [0.5, 0.6) is 0 Å². The molecule has 0 N–H and O–H groups in total. The highest BCUT2D eigenvalue weighted by Gasteiger charge is 2.10. The van der Waals surface area contributed by atoms with Crippen molar-refractivity contribution in [2.24, 2.45) is 5.92 Å². The number of Topliss-reactive ketones (excluding diaryl/α,β-unsaturated/α-hetero) is 1. The largest absolute Gasteiger partial charge is 0.440 e. The van der Waals surface area contributed by atoms with Crippen molar-refractivity contribution in [1.29, 1.82) is 0 Å². The molecule has 0 aliphatic carbocycles. The Morgan fingerprint density at radius 3 is 2.31 bits per heavy atom. The molecule has 0 saturated heterocycles. The van der Waals surface area contributed by atoms with E-state index in [4.69, 9.17) is 0 Å². The Labute approximate surface area is 95.0 Å². The van der Waals surface area contributed by atoms with Crippen molar-refractivity contribution in [3.8, 4) is 0 Å². The van der Waals surface area contributed by atoms with E-state index in [2.05, 4.69) is 4.74 Å². The van der Waals surface area contributed by atoms with Crippen LogP contribution in [0.25, 0.3) is 0 Å². The molecule has 0 fully saturated rings. The molecule has 0 aromatic heterocycles. The Morgan fingerprint density at radius 1 is 1.38 bits per heavy atom. The van der Waals surface area contributed by atoms with E-state index in [-0.39, 0.29) is 17.5 Å². The summed E-state index contributed by atoms with van der Waals surface area (Å²) in [6.45, 7) is 4.10. The summed E-state index contributed by atoms with van der Waals surface area (Å²) in [6.07, 6.45) is 3.35. The zero-order chi connectivity index (χ0) is 12.7. The van der Waals surface area contributed by atoms with Gasteiger partial charge in [-0.15, -0.1) is 0 Å². The Morgan fingerprint density at radius 2 is 1.94 bits per heavy atom. The molecule has 0 bridgehead atoms. The van der Waals surface area contributed by atoms with E-state index in [1.54, 1.807) is 13.0 Å². The Balaban J connectivity index is 4.58. The lowest BCUT2D eigenvalue weighted by Crippen LogP contribution is -2.06. The van der Waals surface area contributed by atoms with Gasteiger partial charge in [0.2, 0.25) is 0 Å². The first-order valence-corrected chi connectivity index (χ1v) is 5.19. The molecule has 0 rings (SSSR count). The number of alkyl halides is 2. The number of ether oxygens (including phenoxy) is 1. The topological polar surface area (TPSA) is 26.3 Å². The predicted molar refractivity (Wildman–Crippen MR) is 59.1 cm³/mol. The van der Waals surface area contributed by atoms with Gasteiger partial charge in [-0.25, -0.2) is 0 Å². The zero-order valence-electron chi connectivity index (χ0n) is 10.1. The van der Waals surface area contributed by atoms with Crippen molar-refractivity contribution >= 4 is 5.78 Å². The van der Waals surface area contributed by atoms with Gasteiger partial charge in [-0.1, -0.05) is 19.9 Å². The van der Waals surface area contributed by atoms with Gasteiger partial charge in [0.05, 0.1) is 0 Å². The van der Waals surface area contributed by atoms with Crippen LogP contribution in [0.4, 0.5) is 8.78 Å². The normalized spacial score (nSPS) is 13.5. The van der Waals surface area contributed by atoms with Gasteiger partial charge in [0, 0.05) is 12.0 Å². The number of allylic oxidation sites excluding steroid dienone is 4. The van der Waals surface area contributed by atoms with Gasteiger partial charge in [-0.2, -0.15) is 8.78 Å². The molecule has 0 aromatic carbocycles. The van der Waals surface area contributed by atoms with Gasteiger partial charge >= 0.3 is 6.61 Å². The van der Waals surface area contributed by atoms with E-state index in [1.807, 2.05) is 13.8 Å². The first-order valence-electron chi connectivity index (χ1n) is 5.19. The van der Waals surface area contributed by atoms with E-state index in [1.165, 1.54) is 13.0 Å². The molecule has 0 spiro atoms. The molecule has 0 radical (unpaired) electrons. The van der Waals surface area contributed by atoms with Crippen LogP contribution in [0.3, 0.4) is 0 Å². The van der Waals surface area contributed by atoms with Gasteiger partial charge in [0.1, 0.15) is 5.76 Å². The van der Waals surface area contributed by atoms with Gasteiger partial charge in [0.25, 0.3) is 0 Å². The molecular weight excluding hydrogens is 214 g/mol. The third-order valence-electron chi connectivity index (χ3n) is 1.86. The lowest BCUT2D eigenvalue weighted by atomic mass is 10.0. The number of hydrogen-bond acceptors (Lipinski definition) is 2. The summed E-state index contributed by atoms with van der Waals surface area (Å²) in [4.78, 5) is 11.7. The van der Waals surface area contributed by atoms with Crippen molar-refractivity contribution in [1.82, 2.24) is 0 Å². The standard InChI is InChI=1S/C12H18F2O2/c1-5-10(11(15)6-8(2)3)7-9(4)16-12(13)14/h5,7-8,12H,6H2,1-4H3/b9-7+,10-5+. The van der Waals surface area contributed by atoms with Crippen LogP contribution >= 0.6 is 0 Å². The molecule has 92 valence electrons. The SMILES string of the molecule is C/C=C(\C=C(/C)OC(F)F)C(=O)CC(C)C. The lowest BCUT2D eigenvalue weighted by Gasteiger charge is -2.07. The second kappa shape index (κ2) is 7.14. The van der Waals surface area contributed by atoms with Crippen LogP contribution in [-0.4, -0.2) is 12.4 Å². The minimum Gasteiger partial charge on any atom is -0.440 e. The molecule has 0 aliphatic heterocycles. The van der Waals surface area contributed by atoms with E-state index in [0.29, 0.717) is 12.0 Å². The third kappa shape index (κ3) is 6.32.